The number of fused-ring (bicyclic) bond motifs is 1. The number of hydrogen-bond donors (Lipinski definition) is 1. The maximum atomic E-state index is 11.4. The van der Waals surface area contributed by atoms with Crippen molar-refractivity contribution in [2.45, 2.75) is 4.90 Å². The van der Waals surface area contributed by atoms with Crippen LogP contribution in [0.1, 0.15) is 0 Å². The number of benzene rings is 2. The van der Waals surface area contributed by atoms with Crippen molar-refractivity contribution < 1.29 is 22.8 Å². The second-order valence-corrected chi connectivity index (χ2v) is 5.14. The van der Waals surface area contributed by atoms with Crippen LogP contribution in [0.15, 0.2) is 35.2 Å². The summed E-state index contributed by atoms with van der Waals surface area (Å²) >= 11 is 0. The van der Waals surface area contributed by atoms with Gasteiger partial charge in [-0.15, -0.1) is 0 Å². The van der Waals surface area contributed by atoms with Gasteiger partial charge < -0.3 is 0 Å². The minimum absolute atomic E-state index is 0. The van der Waals surface area contributed by atoms with Crippen LogP contribution in [-0.2, 0) is 10.1 Å². The predicted octanol–water partition coefficient (Wildman–Crippen LogP) is 0.987. The third-order valence-electron chi connectivity index (χ3n) is 2.59. The molecule has 21 heavy (non-hydrogen) atoms. The van der Waals surface area contributed by atoms with Crippen LogP contribution in [0.4, 0.5) is 11.4 Å². The van der Waals surface area contributed by atoms with Gasteiger partial charge in [-0.2, -0.15) is 8.42 Å². The maximum absolute atomic E-state index is 11.4. The summed E-state index contributed by atoms with van der Waals surface area (Å²) in [5.41, 5.74) is -2.25. The van der Waals surface area contributed by atoms with E-state index in [4.69, 9.17) is 4.55 Å². The first-order valence-corrected chi connectivity index (χ1v) is 6.49. The molecule has 2 aromatic carbocycles. The van der Waals surface area contributed by atoms with Gasteiger partial charge in [0.05, 0.1) is 9.85 Å². The van der Waals surface area contributed by atoms with Crippen molar-refractivity contribution in [1.29, 1.82) is 0 Å². The second-order valence-electron chi connectivity index (χ2n) is 3.78. The van der Waals surface area contributed by atoms with E-state index in [0.717, 1.165) is 6.07 Å². The molecule has 0 aromatic heterocycles. The Kier molecular flexibility index (Phi) is 5.49. The van der Waals surface area contributed by atoms with Crippen LogP contribution in [0.5, 0.6) is 0 Å². The third kappa shape index (κ3) is 3.42. The average molecular weight is 438 g/mol. The molecular formula is C10H8BaN2O7S. The summed E-state index contributed by atoms with van der Waals surface area (Å²) in [6.45, 7) is 0. The summed E-state index contributed by atoms with van der Waals surface area (Å²) in [4.78, 5) is 18.5. The van der Waals surface area contributed by atoms with E-state index in [0.29, 0.717) is 0 Å². The summed E-state index contributed by atoms with van der Waals surface area (Å²) in [5, 5.41) is 21.8. The van der Waals surface area contributed by atoms with Crippen molar-refractivity contribution in [3.8, 4) is 0 Å². The van der Waals surface area contributed by atoms with E-state index in [1.165, 1.54) is 24.3 Å². The summed E-state index contributed by atoms with van der Waals surface area (Å²) < 4.78 is 31.9. The van der Waals surface area contributed by atoms with Gasteiger partial charge in [0.1, 0.15) is 0 Å². The van der Waals surface area contributed by atoms with E-state index >= 15 is 0 Å². The molecule has 0 bridgehead atoms. The fourth-order valence-corrected chi connectivity index (χ4v) is 2.75. The Balaban J connectivity index is 0.00000220. The first-order valence-electron chi connectivity index (χ1n) is 5.05. The number of rotatable bonds is 3. The second kappa shape index (κ2) is 6.39. The molecule has 0 saturated carbocycles. The molecule has 0 radical (unpaired) electrons. The molecule has 0 aliphatic rings. The Morgan fingerprint density at radius 1 is 1.05 bits per heavy atom. The molecule has 0 atom stereocenters. The van der Waals surface area contributed by atoms with Gasteiger partial charge in [-0.3, -0.25) is 24.8 Å². The minimum atomic E-state index is -5.01. The van der Waals surface area contributed by atoms with Gasteiger partial charge in [-0.05, 0) is 5.39 Å². The Morgan fingerprint density at radius 2 is 1.62 bits per heavy atom. The first kappa shape index (κ1) is 18.0. The van der Waals surface area contributed by atoms with Crippen molar-refractivity contribution in [2.75, 3.05) is 0 Å². The zero-order valence-electron chi connectivity index (χ0n) is 9.59. The SMILES string of the molecule is O=[N+]([O-])c1cc2ccccc2c(S(=O)(=O)O)c1[N+](=O)[O-].[BaH2]. The molecule has 108 valence electrons. The molecule has 1 N–H and O–H groups in total. The summed E-state index contributed by atoms with van der Waals surface area (Å²) in [6, 6.07) is 6.33. The van der Waals surface area contributed by atoms with Gasteiger partial charge >= 0.3 is 70.4 Å². The molecule has 2 aromatic rings. The Bertz CT molecular complexity index is 850. The van der Waals surface area contributed by atoms with Crippen LogP contribution in [0.3, 0.4) is 0 Å². The molecule has 0 unspecified atom stereocenters. The van der Waals surface area contributed by atoms with Crippen LogP contribution >= 0.6 is 0 Å². The van der Waals surface area contributed by atoms with Crippen LogP contribution in [0.2, 0.25) is 0 Å². The number of nitro benzene ring substituents is 2. The van der Waals surface area contributed by atoms with E-state index in [1.807, 2.05) is 0 Å². The van der Waals surface area contributed by atoms with Crippen molar-refractivity contribution >= 4 is 81.1 Å². The third-order valence-corrected chi connectivity index (χ3v) is 3.52. The normalized spacial score (nSPS) is 10.9. The van der Waals surface area contributed by atoms with E-state index in [1.54, 1.807) is 0 Å². The topological polar surface area (TPSA) is 141 Å². The Morgan fingerprint density at radius 3 is 2.10 bits per heavy atom. The number of nitro groups is 2. The van der Waals surface area contributed by atoms with Crippen molar-refractivity contribution in [3.05, 3.63) is 50.6 Å². The molecule has 0 fully saturated rings. The van der Waals surface area contributed by atoms with E-state index in [9.17, 15) is 28.6 Å². The van der Waals surface area contributed by atoms with Crippen LogP contribution in [0.25, 0.3) is 10.8 Å². The van der Waals surface area contributed by atoms with Gasteiger partial charge in [0.2, 0.25) is 0 Å². The van der Waals surface area contributed by atoms with Gasteiger partial charge in [-0.25, -0.2) is 0 Å². The molecule has 0 saturated heterocycles. The predicted molar refractivity (Wildman–Crippen MR) is 75.6 cm³/mol. The van der Waals surface area contributed by atoms with Crippen LogP contribution < -0.4 is 0 Å². The van der Waals surface area contributed by atoms with Gasteiger partial charge in [0.15, 0.2) is 4.90 Å². The van der Waals surface area contributed by atoms with Crippen molar-refractivity contribution in [2.24, 2.45) is 0 Å². The van der Waals surface area contributed by atoms with E-state index in [2.05, 4.69) is 0 Å². The fourth-order valence-electron chi connectivity index (χ4n) is 1.87. The first-order chi connectivity index (χ1) is 9.23. The molecule has 0 aliphatic heterocycles. The standard InChI is InChI=1S/C10H6N2O7S.Ba.2H/c13-11(14)8-5-6-3-1-2-4-7(6)10(20(17,18)19)9(8)12(15)16;;;/h1-5H,(H,17,18,19);;;. The van der Waals surface area contributed by atoms with E-state index < -0.39 is 36.2 Å². The average Bonchev–Trinajstić information content (AvgIpc) is 2.34. The molecule has 11 heteroatoms. The van der Waals surface area contributed by atoms with Crippen LogP contribution in [-0.4, -0.2) is 71.7 Å². The molecule has 0 heterocycles. The molecule has 0 amide bonds. The molecule has 0 aliphatic carbocycles. The summed E-state index contributed by atoms with van der Waals surface area (Å²) in [6.07, 6.45) is 0. The van der Waals surface area contributed by atoms with Crippen molar-refractivity contribution in [1.82, 2.24) is 0 Å². The fraction of sp³-hybridized carbons (Fsp3) is 0. The van der Waals surface area contributed by atoms with Crippen molar-refractivity contribution in [3.63, 3.8) is 0 Å². The zero-order valence-corrected chi connectivity index (χ0v) is 10.4. The molecule has 0 spiro atoms. The van der Waals surface area contributed by atoms with Gasteiger partial charge in [0.25, 0.3) is 0 Å². The molecule has 2 rings (SSSR count). The van der Waals surface area contributed by atoms with E-state index in [-0.39, 0.29) is 59.7 Å². The zero-order chi connectivity index (χ0) is 15.1. The number of hydrogen-bond acceptors (Lipinski definition) is 6. The summed E-state index contributed by atoms with van der Waals surface area (Å²) in [7, 11) is -5.01. The van der Waals surface area contributed by atoms with Crippen LogP contribution in [0, 0.1) is 20.2 Å². The molecular weight excluding hydrogens is 430 g/mol. The van der Waals surface area contributed by atoms with Gasteiger partial charge in [0, 0.05) is 11.5 Å². The quantitative estimate of drug-likeness (QED) is 0.327. The Hall–Kier alpha value is -1.02. The monoisotopic (exact) mass is 438 g/mol. The van der Waals surface area contributed by atoms with Gasteiger partial charge in [-0.1, -0.05) is 24.3 Å². The summed E-state index contributed by atoms with van der Waals surface area (Å²) in [5.74, 6) is 0. The number of nitrogens with zero attached hydrogens (tertiary/aromatic N) is 2. The Labute approximate surface area is 158 Å². The molecule has 9 nitrogen and oxygen atoms in total.